The average Bonchev–Trinajstić information content (AvgIpc) is 3.40. The largest absolute Gasteiger partial charge is 0.349 e. The van der Waals surface area contributed by atoms with Crippen molar-refractivity contribution in [3.05, 3.63) is 47.0 Å². The summed E-state index contributed by atoms with van der Waals surface area (Å²) in [5.74, 6) is -0.195. The fourth-order valence-corrected chi connectivity index (χ4v) is 3.61. The first kappa shape index (κ1) is 19.8. The van der Waals surface area contributed by atoms with Gasteiger partial charge in [-0.3, -0.25) is 14.2 Å². The fraction of sp³-hybridized carbons (Fsp3) is 0.381. The van der Waals surface area contributed by atoms with E-state index in [0.717, 1.165) is 17.8 Å². The molecule has 0 spiro atoms. The van der Waals surface area contributed by atoms with Crippen molar-refractivity contribution in [3.8, 4) is 11.4 Å². The summed E-state index contributed by atoms with van der Waals surface area (Å²) in [4.78, 5) is 17.7. The smallest absolute Gasteiger partial charge is 0.259 e. The maximum absolute atomic E-state index is 13.2. The second-order valence-electron chi connectivity index (χ2n) is 7.55. The monoisotopic (exact) mass is 407 g/mol. The standard InChI is InChI=1S/C21H25N7O2/c1-6-28-8-7-17(25-28)18-10-16(19-14(4)26-30-21(19)23-18)20(29)22-12(2)9-15-11-27(5)24-13(15)3/h7-8,10-12H,6,9H2,1-5H3,(H,22,29). The number of amides is 1. The molecule has 0 saturated carbocycles. The van der Waals surface area contributed by atoms with E-state index in [4.69, 9.17) is 4.52 Å². The summed E-state index contributed by atoms with van der Waals surface area (Å²) in [6.45, 7) is 8.52. The van der Waals surface area contributed by atoms with Gasteiger partial charge in [0, 0.05) is 32.0 Å². The number of aryl methyl sites for hydroxylation is 4. The molecule has 0 fully saturated rings. The lowest BCUT2D eigenvalue weighted by molar-refractivity contribution is 0.0941. The second kappa shape index (κ2) is 7.74. The number of fused-ring (bicyclic) bond motifs is 1. The van der Waals surface area contributed by atoms with Gasteiger partial charge in [0.15, 0.2) is 0 Å². The Labute approximate surface area is 174 Å². The summed E-state index contributed by atoms with van der Waals surface area (Å²) in [5.41, 5.74) is 4.77. The van der Waals surface area contributed by atoms with Crippen LogP contribution in [0.3, 0.4) is 0 Å². The van der Waals surface area contributed by atoms with Gasteiger partial charge in [-0.15, -0.1) is 0 Å². The van der Waals surface area contributed by atoms with E-state index in [2.05, 4.69) is 25.7 Å². The number of hydrogen-bond donors (Lipinski definition) is 1. The third-order valence-corrected chi connectivity index (χ3v) is 5.11. The number of rotatable bonds is 6. The van der Waals surface area contributed by atoms with Crippen LogP contribution in [0.25, 0.3) is 22.5 Å². The van der Waals surface area contributed by atoms with Crippen molar-refractivity contribution in [1.82, 2.24) is 35.0 Å². The normalized spacial score (nSPS) is 12.4. The van der Waals surface area contributed by atoms with Gasteiger partial charge in [0.2, 0.25) is 0 Å². The molecule has 1 unspecified atom stereocenters. The van der Waals surface area contributed by atoms with Crippen molar-refractivity contribution in [3.63, 3.8) is 0 Å². The van der Waals surface area contributed by atoms with E-state index in [1.54, 1.807) is 17.7 Å². The van der Waals surface area contributed by atoms with Gasteiger partial charge in [-0.2, -0.15) is 10.2 Å². The molecule has 4 heterocycles. The maximum atomic E-state index is 13.2. The first-order chi connectivity index (χ1) is 14.4. The quantitative estimate of drug-likeness (QED) is 0.527. The molecule has 4 aromatic heterocycles. The first-order valence-corrected chi connectivity index (χ1v) is 9.96. The zero-order valence-electron chi connectivity index (χ0n) is 17.8. The van der Waals surface area contributed by atoms with Crippen LogP contribution in [0.4, 0.5) is 0 Å². The Morgan fingerprint density at radius 3 is 2.70 bits per heavy atom. The molecule has 9 heteroatoms. The van der Waals surface area contributed by atoms with E-state index < -0.39 is 0 Å². The van der Waals surface area contributed by atoms with Gasteiger partial charge in [0.05, 0.1) is 28.0 Å². The highest BCUT2D eigenvalue weighted by atomic mass is 16.5. The number of carbonyl (C=O) groups is 1. The molecule has 0 radical (unpaired) electrons. The second-order valence-corrected chi connectivity index (χ2v) is 7.55. The predicted molar refractivity (Wildman–Crippen MR) is 112 cm³/mol. The molecule has 4 rings (SSSR count). The van der Waals surface area contributed by atoms with Gasteiger partial charge in [-0.1, -0.05) is 5.16 Å². The third-order valence-electron chi connectivity index (χ3n) is 5.11. The molecule has 1 N–H and O–H groups in total. The van der Waals surface area contributed by atoms with E-state index in [-0.39, 0.29) is 11.9 Å². The predicted octanol–water partition coefficient (Wildman–Crippen LogP) is 2.82. The van der Waals surface area contributed by atoms with E-state index in [0.29, 0.717) is 40.2 Å². The zero-order chi connectivity index (χ0) is 21.4. The zero-order valence-corrected chi connectivity index (χ0v) is 17.8. The number of hydrogen-bond acceptors (Lipinski definition) is 6. The van der Waals surface area contributed by atoms with E-state index >= 15 is 0 Å². The van der Waals surface area contributed by atoms with Crippen molar-refractivity contribution in [2.45, 2.75) is 46.7 Å². The first-order valence-electron chi connectivity index (χ1n) is 9.96. The van der Waals surface area contributed by atoms with E-state index in [1.807, 2.05) is 51.0 Å². The fourth-order valence-electron chi connectivity index (χ4n) is 3.61. The molecule has 0 aliphatic carbocycles. The van der Waals surface area contributed by atoms with E-state index in [9.17, 15) is 4.79 Å². The molecule has 0 bridgehead atoms. The third kappa shape index (κ3) is 3.70. The Morgan fingerprint density at radius 2 is 2.03 bits per heavy atom. The molecule has 0 aromatic carbocycles. The number of nitrogens with zero attached hydrogens (tertiary/aromatic N) is 6. The van der Waals surface area contributed by atoms with Crippen LogP contribution in [-0.4, -0.2) is 41.7 Å². The van der Waals surface area contributed by atoms with Gasteiger partial charge in [-0.05, 0) is 51.8 Å². The molecule has 0 aliphatic rings. The van der Waals surface area contributed by atoms with Crippen molar-refractivity contribution in [2.24, 2.45) is 7.05 Å². The van der Waals surface area contributed by atoms with Gasteiger partial charge in [0.1, 0.15) is 5.69 Å². The molecular weight excluding hydrogens is 382 g/mol. The van der Waals surface area contributed by atoms with Crippen molar-refractivity contribution >= 4 is 17.0 Å². The highest BCUT2D eigenvalue weighted by Gasteiger charge is 2.21. The molecule has 156 valence electrons. The summed E-state index contributed by atoms with van der Waals surface area (Å²) in [6.07, 6.45) is 4.55. The molecular formula is C21H25N7O2. The highest BCUT2D eigenvalue weighted by molar-refractivity contribution is 6.07. The lowest BCUT2D eigenvalue weighted by atomic mass is 10.1. The number of carbonyl (C=O) groups excluding carboxylic acids is 1. The van der Waals surface area contributed by atoms with E-state index in [1.165, 1.54) is 0 Å². The summed E-state index contributed by atoms with van der Waals surface area (Å²) >= 11 is 0. The molecule has 4 aromatic rings. The Balaban J connectivity index is 1.65. The van der Waals surface area contributed by atoms with Crippen molar-refractivity contribution in [2.75, 3.05) is 0 Å². The van der Waals surface area contributed by atoms with Gasteiger partial charge >= 0.3 is 0 Å². The summed E-state index contributed by atoms with van der Waals surface area (Å²) in [5, 5.41) is 16.6. The van der Waals surface area contributed by atoms with Crippen LogP contribution >= 0.6 is 0 Å². The van der Waals surface area contributed by atoms with Crippen LogP contribution < -0.4 is 5.32 Å². The lowest BCUT2D eigenvalue weighted by Gasteiger charge is -2.14. The number of nitrogens with one attached hydrogen (secondary N) is 1. The molecule has 9 nitrogen and oxygen atoms in total. The van der Waals surface area contributed by atoms with Gasteiger partial charge in [-0.25, -0.2) is 4.98 Å². The Kier molecular flexibility index (Phi) is 5.11. The van der Waals surface area contributed by atoms with Crippen LogP contribution in [0.2, 0.25) is 0 Å². The topological polar surface area (TPSA) is 104 Å². The minimum Gasteiger partial charge on any atom is -0.349 e. The van der Waals surface area contributed by atoms with Gasteiger partial charge < -0.3 is 9.84 Å². The highest BCUT2D eigenvalue weighted by Crippen LogP contribution is 2.26. The molecule has 1 atom stereocenters. The van der Waals surface area contributed by atoms with Crippen molar-refractivity contribution in [1.29, 1.82) is 0 Å². The Bertz CT molecular complexity index is 1220. The van der Waals surface area contributed by atoms with Crippen LogP contribution in [0.5, 0.6) is 0 Å². The number of aromatic nitrogens is 6. The van der Waals surface area contributed by atoms with Crippen LogP contribution in [0, 0.1) is 13.8 Å². The van der Waals surface area contributed by atoms with Crippen molar-refractivity contribution < 1.29 is 9.32 Å². The van der Waals surface area contributed by atoms with Crippen LogP contribution in [0.15, 0.2) is 29.0 Å². The molecule has 0 saturated heterocycles. The minimum absolute atomic E-state index is 0.0773. The maximum Gasteiger partial charge on any atom is 0.259 e. The Morgan fingerprint density at radius 1 is 1.23 bits per heavy atom. The molecule has 0 aliphatic heterocycles. The minimum atomic E-state index is -0.195. The van der Waals surface area contributed by atoms with Gasteiger partial charge in [0.25, 0.3) is 11.6 Å². The van der Waals surface area contributed by atoms with Crippen LogP contribution in [0.1, 0.15) is 41.2 Å². The Hall–Kier alpha value is -3.49. The lowest BCUT2D eigenvalue weighted by Crippen LogP contribution is -2.34. The molecule has 1 amide bonds. The summed E-state index contributed by atoms with van der Waals surface area (Å²) in [6, 6.07) is 3.55. The number of pyridine rings is 1. The SMILES string of the molecule is CCn1ccc(-c2cc(C(=O)NC(C)Cc3cn(C)nc3C)c3c(C)noc3n2)n1. The van der Waals surface area contributed by atoms with Crippen LogP contribution in [-0.2, 0) is 20.0 Å². The summed E-state index contributed by atoms with van der Waals surface area (Å²) in [7, 11) is 1.89. The average molecular weight is 407 g/mol. The molecule has 30 heavy (non-hydrogen) atoms. The summed E-state index contributed by atoms with van der Waals surface area (Å²) < 4.78 is 8.96.